The minimum absolute atomic E-state index is 0.444. The molecule has 0 radical (unpaired) electrons. The molecule has 4 rings (SSSR count). The van der Waals surface area contributed by atoms with Crippen LogP contribution in [0.2, 0.25) is 0 Å². The number of aryl methyl sites for hydroxylation is 1. The average molecular weight is 465 g/mol. The van der Waals surface area contributed by atoms with Crippen molar-refractivity contribution in [2.75, 3.05) is 38.8 Å². The molecule has 1 aliphatic heterocycles. The van der Waals surface area contributed by atoms with Crippen LogP contribution in [0.25, 0.3) is 0 Å². The van der Waals surface area contributed by atoms with Gasteiger partial charge < -0.3 is 18.6 Å². The summed E-state index contributed by atoms with van der Waals surface area (Å²) in [7, 11) is 3.35. The molecule has 3 aromatic carbocycles. The van der Waals surface area contributed by atoms with Crippen molar-refractivity contribution < 1.29 is 13.7 Å². The highest BCUT2D eigenvalue weighted by Gasteiger charge is 2.24. The Morgan fingerprint density at radius 1 is 0.879 bits per heavy atom. The third kappa shape index (κ3) is 5.95. The zero-order valence-electron chi connectivity index (χ0n) is 19.8. The fraction of sp³-hybridized carbons (Fsp3) is 0.333. The number of nitrogens with zero attached hydrogens (tertiary/aromatic N) is 2. The zero-order valence-corrected chi connectivity index (χ0v) is 20.6. The lowest BCUT2D eigenvalue weighted by atomic mass is 10.1. The Morgan fingerprint density at radius 3 is 2.27 bits per heavy atom. The lowest BCUT2D eigenvalue weighted by molar-refractivity contribution is 0.181. The maximum absolute atomic E-state index is 5.88. The zero-order chi connectivity index (χ0) is 23.2. The minimum atomic E-state index is 0.444. The molecule has 3 aromatic rings. The SMILES string of the molecule is COc1ccc(CN2CCN(c3ccc(OSc4ccc(C)cc4)cc3)CC2C)cc1OC. The van der Waals surface area contributed by atoms with E-state index in [4.69, 9.17) is 13.7 Å². The summed E-state index contributed by atoms with van der Waals surface area (Å²) in [6, 6.07) is 23.4. The molecular formula is C27H32N2O3S. The summed E-state index contributed by atoms with van der Waals surface area (Å²) in [5, 5.41) is 0. The molecule has 0 bridgehead atoms. The van der Waals surface area contributed by atoms with Gasteiger partial charge in [0.2, 0.25) is 0 Å². The molecule has 5 nitrogen and oxygen atoms in total. The molecule has 6 heteroatoms. The number of anilines is 1. The van der Waals surface area contributed by atoms with E-state index in [-0.39, 0.29) is 0 Å². The van der Waals surface area contributed by atoms with Gasteiger partial charge in [0.1, 0.15) is 5.75 Å². The van der Waals surface area contributed by atoms with Crippen LogP contribution < -0.4 is 18.6 Å². The molecule has 1 aliphatic rings. The molecule has 0 N–H and O–H groups in total. The number of rotatable bonds is 8. The normalized spacial score (nSPS) is 16.5. The predicted octanol–water partition coefficient (Wildman–Crippen LogP) is 5.81. The van der Waals surface area contributed by atoms with E-state index in [0.717, 1.165) is 48.3 Å². The van der Waals surface area contributed by atoms with Gasteiger partial charge in [0, 0.05) is 42.8 Å². The van der Waals surface area contributed by atoms with E-state index in [1.807, 2.05) is 6.07 Å². The summed E-state index contributed by atoms with van der Waals surface area (Å²) in [6.07, 6.45) is 0. The van der Waals surface area contributed by atoms with Gasteiger partial charge in [0.25, 0.3) is 0 Å². The standard InChI is InChI=1S/C27H32N2O3S/c1-20-5-12-25(13-6-20)33-32-24-10-8-23(9-11-24)29-16-15-28(21(2)18-29)19-22-7-14-26(30-3)27(17-22)31-4/h5-14,17,21H,15-16,18-19H2,1-4H3. The smallest absolute Gasteiger partial charge is 0.161 e. The highest BCUT2D eigenvalue weighted by atomic mass is 32.2. The Bertz CT molecular complexity index is 1040. The van der Waals surface area contributed by atoms with Crippen molar-refractivity contribution in [1.29, 1.82) is 0 Å². The number of piperazine rings is 1. The molecule has 1 atom stereocenters. The van der Waals surface area contributed by atoms with Gasteiger partial charge in [0.15, 0.2) is 11.5 Å². The molecule has 0 aromatic heterocycles. The van der Waals surface area contributed by atoms with Crippen LogP contribution in [0.15, 0.2) is 71.6 Å². The van der Waals surface area contributed by atoms with Crippen molar-refractivity contribution in [3.8, 4) is 17.2 Å². The van der Waals surface area contributed by atoms with E-state index in [0.29, 0.717) is 6.04 Å². The second kappa shape index (κ2) is 10.9. The summed E-state index contributed by atoms with van der Waals surface area (Å²) >= 11 is 1.39. The van der Waals surface area contributed by atoms with Gasteiger partial charge in [0.05, 0.1) is 26.3 Å². The second-order valence-corrected chi connectivity index (χ2v) is 9.23. The first kappa shape index (κ1) is 23.3. The number of ether oxygens (including phenoxy) is 2. The minimum Gasteiger partial charge on any atom is -0.493 e. The Balaban J connectivity index is 1.31. The van der Waals surface area contributed by atoms with Crippen LogP contribution in [-0.4, -0.2) is 44.8 Å². The van der Waals surface area contributed by atoms with Crippen LogP contribution in [0.5, 0.6) is 17.2 Å². The van der Waals surface area contributed by atoms with Gasteiger partial charge >= 0.3 is 0 Å². The van der Waals surface area contributed by atoms with Crippen molar-refractivity contribution in [2.45, 2.75) is 31.3 Å². The highest BCUT2D eigenvalue weighted by molar-refractivity contribution is 7.95. The van der Waals surface area contributed by atoms with Crippen molar-refractivity contribution in [3.63, 3.8) is 0 Å². The topological polar surface area (TPSA) is 34.2 Å². The molecule has 1 heterocycles. The van der Waals surface area contributed by atoms with Gasteiger partial charge in [-0.1, -0.05) is 23.8 Å². The van der Waals surface area contributed by atoms with Gasteiger partial charge in [-0.05, 0) is 67.9 Å². The van der Waals surface area contributed by atoms with Gasteiger partial charge in [-0.15, -0.1) is 0 Å². The van der Waals surface area contributed by atoms with E-state index in [1.165, 1.54) is 28.9 Å². The van der Waals surface area contributed by atoms with Crippen LogP contribution >= 0.6 is 12.0 Å². The monoisotopic (exact) mass is 464 g/mol. The Hall–Kier alpha value is -2.83. The first-order chi connectivity index (χ1) is 16.1. The molecule has 33 heavy (non-hydrogen) atoms. The summed E-state index contributed by atoms with van der Waals surface area (Å²) in [6.45, 7) is 8.28. The fourth-order valence-corrected chi connectivity index (χ4v) is 4.63. The van der Waals surface area contributed by atoms with Crippen molar-refractivity contribution in [1.82, 2.24) is 4.90 Å². The Labute approximate surface area is 201 Å². The second-order valence-electron chi connectivity index (χ2n) is 8.43. The van der Waals surface area contributed by atoms with Gasteiger partial charge in [-0.3, -0.25) is 4.90 Å². The first-order valence-corrected chi connectivity index (χ1v) is 12.0. The summed E-state index contributed by atoms with van der Waals surface area (Å²) in [5.74, 6) is 2.41. The van der Waals surface area contributed by atoms with Crippen LogP contribution in [-0.2, 0) is 6.54 Å². The fourth-order valence-electron chi connectivity index (χ4n) is 4.08. The molecule has 1 unspecified atom stereocenters. The molecule has 1 fully saturated rings. The van der Waals surface area contributed by atoms with E-state index >= 15 is 0 Å². The summed E-state index contributed by atoms with van der Waals surface area (Å²) in [5.41, 5.74) is 3.72. The van der Waals surface area contributed by atoms with Gasteiger partial charge in [-0.2, -0.15) is 0 Å². The first-order valence-electron chi connectivity index (χ1n) is 11.3. The maximum atomic E-state index is 5.88. The number of benzene rings is 3. The largest absolute Gasteiger partial charge is 0.493 e. The molecule has 1 saturated heterocycles. The van der Waals surface area contributed by atoms with E-state index in [2.05, 4.69) is 84.3 Å². The van der Waals surface area contributed by atoms with Crippen LogP contribution in [0, 0.1) is 6.92 Å². The predicted molar refractivity (Wildman–Crippen MR) is 136 cm³/mol. The summed E-state index contributed by atoms with van der Waals surface area (Å²) in [4.78, 5) is 6.07. The van der Waals surface area contributed by atoms with Gasteiger partial charge in [-0.25, -0.2) is 0 Å². The van der Waals surface area contributed by atoms with Crippen LogP contribution in [0.1, 0.15) is 18.1 Å². The number of methoxy groups -OCH3 is 2. The van der Waals surface area contributed by atoms with E-state index < -0.39 is 0 Å². The lowest BCUT2D eigenvalue weighted by Gasteiger charge is -2.41. The molecule has 0 aliphatic carbocycles. The molecule has 0 amide bonds. The molecule has 174 valence electrons. The quantitative estimate of drug-likeness (QED) is 0.392. The van der Waals surface area contributed by atoms with Crippen molar-refractivity contribution >= 4 is 17.7 Å². The third-order valence-electron chi connectivity index (χ3n) is 6.06. The van der Waals surface area contributed by atoms with E-state index in [1.54, 1.807) is 14.2 Å². The lowest BCUT2D eigenvalue weighted by Crippen LogP contribution is -2.51. The molecule has 0 saturated carbocycles. The van der Waals surface area contributed by atoms with Crippen LogP contribution in [0.3, 0.4) is 0 Å². The maximum Gasteiger partial charge on any atom is 0.161 e. The number of hydrogen-bond donors (Lipinski definition) is 0. The van der Waals surface area contributed by atoms with Crippen molar-refractivity contribution in [3.05, 3.63) is 77.9 Å². The third-order valence-corrected chi connectivity index (χ3v) is 6.80. The number of hydrogen-bond acceptors (Lipinski definition) is 6. The van der Waals surface area contributed by atoms with Crippen LogP contribution in [0.4, 0.5) is 5.69 Å². The van der Waals surface area contributed by atoms with E-state index in [9.17, 15) is 0 Å². The summed E-state index contributed by atoms with van der Waals surface area (Å²) < 4.78 is 16.7. The van der Waals surface area contributed by atoms with Crippen molar-refractivity contribution in [2.24, 2.45) is 0 Å². The molecule has 0 spiro atoms. The Kier molecular flexibility index (Phi) is 7.68. The average Bonchev–Trinajstić information content (AvgIpc) is 2.85. The highest BCUT2D eigenvalue weighted by Crippen LogP contribution is 2.30. The molecular weight excluding hydrogens is 432 g/mol. The Morgan fingerprint density at radius 2 is 1.61 bits per heavy atom.